The lowest BCUT2D eigenvalue weighted by molar-refractivity contribution is 0.808. The molecule has 0 spiro atoms. The van der Waals surface area contributed by atoms with Crippen LogP contribution >= 0.6 is 11.8 Å². The molecule has 2 aromatic heterocycles. The van der Waals surface area contributed by atoms with E-state index >= 15 is 0 Å². The first-order valence-electron chi connectivity index (χ1n) is 4.23. The van der Waals surface area contributed by atoms with Crippen molar-refractivity contribution >= 4 is 17.6 Å². The van der Waals surface area contributed by atoms with E-state index in [4.69, 9.17) is 5.84 Å². The number of nitrogens with one attached hydrogen (secondary N) is 1. The van der Waals surface area contributed by atoms with Crippen LogP contribution in [0.3, 0.4) is 0 Å². The summed E-state index contributed by atoms with van der Waals surface area (Å²) >= 11 is 1.45. The van der Waals surface area contributed by atoms with Crippen LogP contribution in [0.25, 0.3) is 5.82 Å². The molecule has 0 aliphatic rings. The quantitative estimate of drug-likeness (QED) is 0.344. The predicted molar refractivity (Wildman–Crippen MR) is 58.7 cm³/mol. The van der Waals surface area contributed by atoms with Gasteiger partial charge in [-0.05, 0) is 12.3 Å². The van der Waals surface area contributed by atoms with Crippen LogP contribution in [-0.2, 0) is 0 Å². The minimum Gasteiger partial charge on any atom is -0.308 e. The maximum Gasteiger partial charge on any atom is 0.191 e. The predicted octanol–water partition coefficient (Wildman–Crippen LogP) is 0.670. The Kier molecular flexibility index (Phi) is 2.84. The first-order chi connectivity index (χ1) is 7.33. The molecule has 6 nitrogen and oxygen atoms in total. The summed E-state index contributed by atoms with van der Waals surface area (Å²) in [5.74, 6) is 6.57. The lowest BCUT2D eigenvalue weighted by Gasteiger charge is -2.05. The van der Waals surface area contributed by atoms with Gasteiger partial charge in [-0.1, -0.05) is 11.8 Å². The zero-order valence-corrected chi connectivity index (χ0v) is 8.90. The van der Waals surface area contributed by atoms with Crippen LogP contribution in [-0.4, -0.2) is 26.0 Å². The van der Waals surface area contributed by atoms with Crippen molar-refractivity contribution in [1.29, 1.82) is 0 Å². The Labute approximate surface area is 90.9 Å². The number of aromatic nitrogens is 4. The molecule has 3 N–H and O–H groups in total. The van der Waals surface area contributed by atoms with Gasteiger partial charge in [0, 0.05) is 18.5 Å². The fourth-order valence-electron chi connectivity index (χ4n) is 1.10. The monoisotopic (exact) mass is 222 g/mol. The molecule has 0 saturated heterocycles. The van der Waals surface area contributed by atoms with E-state index in [1.807, 2.05) is 18.5 Å². The Morgan fingerprint density at radius 3 is 2.93 bits per heavy atom. The second kappa shape index (κ2) is 4.28. The average Bonchev–Trinajstić information content (AvgIpc) is 2.81. The summed E-state index contributed by atoms with van der Waals surface area (Å²) in [6, 6.07) is 3.56. The molecule has 0 saturated carbocycles. The van der Waals surface area contributed by atoms with E-state index < -0.39 is 0 Å². The molecule has 0 unspecified atom stereocenters. The number of nitrogens with two attached hydrogens (primary N) is 1. The van der Waals surface area contributed by atoms with Crippen molar-refractivity contribution in [3.63, 3.8) is 0 Å². The van der Waals surface area contributed by atoms with Crippen molar-refractivity contribution in [2.75, 3.05) is 11.7 Å². The van der Waals surface area contributed by atoms with Crippen LogP contribution in [0.1, 0.15) is 0 Å². The van der Waals surface area contributed by atoms with Crippen LogP contribution in [0.2, 0.25) is 0 Å². The molecule has 0 aromatic carbocycles. The topological polar surface area (TPSA) is 81.6 Å². The zero-order chi connectivity index (χ0) is 10.7. The summed E-state index contributed by atoms with van der Waals surface area (Å²) in [6.07, 6.45) is 5.41. The van der Waals surface area contributed by atoms with E-state index in [9.17, 15) is 0 Å². The van der Waals surface area contributed by atoms with Gasteiger partial charge in [-0.25, -0.2) is 20.5 Å². The molecule has 0 aliphatic heterocycles. The highest BCUT2D eigenvalue weighted by Crippen LogP contribution is 2.15. The molecule has 7 heteroatoms. The van der Waals surface area contributed by atoms with E-state index in [1.165, 1.54) is 11.8 Å². The third-order valence-electron chi connectivity index (χ3n) is 1.76. The average molecular weight is 222 g/mol. The first-order valence-corrected chi connectivity index (χ1v) is 5.45. The summed E-state index contributed by atoms with van der Waals surface area (Å²) in [5, 5.41) is 4.73. The molecule has 0 fully saturated rings. The molecule has 15 heavy (non-hydrogen) atoms. The van der Waals surface area contributed by atoms with Crippen LogP contribution in [0.15, 0.2) is 29.7 Å². The Morgan fingerprint density at radius 1 is 1.47 bits per heavy atom. The first kappa shape index (κ1) is 9.94. The van der Waals surface area contributed by atoms with E-state index in [-0.39, 0.29) is 0 Å². The number of hydrogen-bond acceptors (Lipinski definition) is 6. The Bertz CT molecular complexity index is 418. The molecule has 0 bridgehead atoms. The standard InChI is InChI=1S/C8H10N6S/c1-15-8-11-6(13-9)5-7(12-8)14-4-2-3-10-14/h2-5H,9H2,1H3,(H,11,12,13). The van der Waals surface area contributed by atoms with Crippen molar-refractivity contribution < 1.29 is 0 Å². The lowest BCUT2D eigenvalue weighted by atomic mass is 10.5. The van der Waals surface area contributed by atoms with Crippen molar-refractivity contribution in [2.24, 2.45) is 5.84 Å². The van der Waals surface area contributed by atoms with E-state index in [0.717, 1.165) is 0 Å². The molecule has 78 valence electrons. The van der Waals surface area contributed by atoms with Gasteiger partial charge in [-0.15, -0.1) is 0 Å². The minimum absolute atomic E-state index is 0.569. The van der Waals surface area contributed by atoms with Gasteiger partial charge in [0.25, 0.3) is 0 Å². The van der Waals surface area contributed by atoms with Gasteiger partial charge in [-0.3, -0.25) is 0 Å². The number of hydrazine groups is 1. The molecule has 0 radical (unpaired) electrons. The normalized spacial score (nSPS) is 10.3. The summed E-state index contributed by atoms with van der Waals surface area (Å²) in [6.45, 7) is 0. The van der Waals surface area contributed by atoms with Gasteiger partial charge in [0.05, 0.1) is 0 Å². The SMILES string of the molecule is CSc1nc(NN)cc(-n2cccn2)n1. The van der Waals surface area contributed by atoms with Crippen LogP contribution in [0.4, 0.5) is 5.82 Å². The molecular weight excluding hydrogens is 212 g/mol. The van der Waals surface area contributed by atoms with Crippen LogP contribution in [0, 0.1) is 0 Å². The van der Waals surface area contributed by atoms with Gasteiger partial charge in [0.1, 0.15) is 5.82 Å². The highest BCUT2D eigenvalue weighted by molar-refractivity contribution is 7.98. The number of rotatable bonds is 3. The summed E-state index contributed by atoms with van der Waals surface area (Å²) in [7, 11) is 0. The van der Waals surface area contributed by atoms with Crippen molar-refractivity contribution in [2.45, 2.75) is 5.16 Å². The molecule has 0 aliphatic carbocycles. The van der Waals surface area contributed by atoms with E-state index in [1.54, 1.807) is 16.9 Å². The molecular formula is C8H10N6S. The molecule has 2 rings (SSSR count). The Hall–Kier alpha value is -1.60. The van der Waals surface area contributed by atoms with Gasteiger partial charge in [0.15, 0.2) is 11.0 Å². The van der Waals surface area contributed by atoms with E-state index in [0.29, 0.717) is 16.8 Å². The van der Waals surface area contributed by atoms with Crippen LogP contribution < -0.4 is 11.3 Å². The summed E-state index contributed by atoms with van der Waals surface area (Å²) in [5.41, 5.74) is 2.50. The van der Waals surface area contributed by atoms with Gasteiger partial charge >= 0.3 is 0 Å². The maximum atomic E-state index is 5.32. The molecule has 0 amide bonds. The molecule has 2 heterocycles. The number of hydrogen-bond donors (Lipinski definition) is 2. The smallest absolute Gasteiger partial charge is 0.191 e. The lowest BCUT2D eigenvalue weighted by Crippen LogP contribution is -2.11. The van der Waals surface area contributed by atoms with Crippen molar-refractivity contribution in [1.82, 2.24) is 19.7 Å². The van der Waals surface area contributed by atoms with Crippen molar-refractivity contribution in [3.8, 4) is 5.82 Å². The highest BCUT2D eigenvalue weighted by atomic mass is 32.2. The highest BCUT2D eigenvalue weighted by Gasteiger charge is 2.04. The fourth-order valence-corrected chi connectivity index (χ4v) is 1.47. The van der Waals surface area contributed by atoms with Gasteiger partial charge in [-0.2, -0.15) is 5.10 Å². The van der Waals surface area contributed by atoms with Crippen LogP contribution in [0.5, 0.6) is 0 Å². The summed E-state index contributed by atoms with van der Waals surface area (Å²) < 4.78 is 1.66. The van der Waals surface area contributed by atoms with E-state index in [2.05, 4.69) is 20.5 Å². The van der Waals surface area contributed by atoms with Gasteiger partial charge < -0.3 is 5.43 Å². The molecule has 2 aromatic rings. The second-order valence-corrected chi connectivity index (χ2v) is 3.47. The fraction of sp³-hybridized carbons (Fsp3) is 0.125. The Morgan fingerprint density at radius 2 is 2.33 bits per heavy atom. The minimum atomic E-state index is 0.569. The summed E-state index contributed by atoms with van der Waals surface area (Å²) in [4.78, 5) is 8.45. The number of nitrogen functional groups attached to an aromatic ring is 1. The number of thioether (sulfide) groups is 1. The largest absolute Gasteiger partial charge is 0.308 e. The van der Waals surface area contributed by atoms with Gasteiger partial charge in [0.2, 0.25) is 0 Å². The third-order valence-corrected chi connectivity index (χ3v) is 2.31. The zero-order valence-electron chi connectivity index (χ0n) is 8.08. The third kappa shape index (κ3) is 2.08. The second-order valence-electron chi connectivity index (χ2n) is 2.69. The Balaban J connectivity index is 2.47. The number of anilines is 1. The maximum absolute atomic E-state index is 5.32. The number of nitrogens with zero attached hydrogens (tertiary/aromatic N) is 4. The molecule has 0 atom stereocenters. The van der Waals surface area contributed by atoms with Crippen molar-refractivity contribution in [3.05, 3.63) is 24.5 Å².